The minimum absolute atomic E-state index is 0.182. The number of benzene rings is 1. The molecule has 28 heavy (non-hydrogen) atoms. The summed E-state index contributed by atoms with van der Waals surface area (Å²) in [6, 6.07) is 8.19. The molecule has 5 heterocycles. The molecule has 4 aliphatic heterocycles. The summed E-state index contributed by atoms with van der Waals surface area (Å²) in [6.07, 6.45) is 2.75. The highest BCUT2D eigenvalue weighted by Gasteiger charge is 2.54. The summed E-state index contributed by atoms with van der Waals surface area (Å²) in [4.78, 5) is 17.9. The lowest BCUT2D eigenvalue weighted by Crippen LogP contribution is -2.60. The van der Waals surface area contributed by atoms with Crippen molar-refractivity contribution in [3.05, 3.63) is 35.7 Å². The van der Waals surface area contributed by atoms with Crippen molar-refractivity contribution in [3.8, 4) is 5.75 Å². The third-order valence-electron chi connectivity index (χ3n) is 6.86. The molecule has 3 unspecified atom stereocenters. The number of rotatable bonds is 4. The molecule has 1 N–H and O–H groups in total. The highest BCUT2D eigenvalue weighted by atomic mass is 16.3. The molecule has 0 saturated carbocycles. The topological polar surface area (TPSA) is 87.4 Å². The van der Waals surface area contributed by atoms with Gasteiger partial charge in [0.05, 0.1) is 12.6 Å². The van der Waals surface area contributed by atoms with Crippen molar-refractivity contribution in [2.24, 2.45) is 5.92 Å². The van der Waals surface area contributed by atoms with E-state index in [0.29, 0.717) is 30.7 Å². The second-order valence-electron chi connectivity index (χ2n) is 8.30. The van der Waals surface area contributed by atoms with E-state index in [1.807, 2.05) is 19.1 Å². The zero-order chi connectivity index (χ0) is 19.3. The van der Waals surface area contributed by atoms with E-state index in [1.54, 1.807) is 10.7 Å². The Balaban J connectivity index is 1.40. The summed E-state index contributed by atoms with van der Waals surface area (Å²) in [5.41, 5.74) is 1.13. The third-order valence-corrected chi connectivity index (χ3v) is 6.86. The molecule has 0 spiro atoms. The van der Waals surface area contributed by atoms with Gasteiger partial charge in [-0.2, -0.15) is 0 Å². The lowest BCUT2D eigenvalue weighted by Gasteiger charge is -2.51. The molecule has 0 radical (unpaired) electrons. The number of carbonyl (C=O) groups is 1. The zero-order valence-electron chi connectivity index (χ0n) is 16.1. The first kappa shape index (κ1) is 17.6. The van der Waals surface area contributed by atoms with Crippen LogP contribution < -0.4 is 0 Å². The van der Waals surface area contributed by atoms with Gasteiger partial charge >= 0.3 is 0 Å². The minimum atomic E-state index is 0.182. The fourth-order valence-corrected chi connectivity index (χ4v) is 5.55. The van der Waals surface area contributed by atoms with Gasteiger partial charge in [0.25, 0.3) is 0 Å². The Morgan fingerprint density at radius 2 is 2.07 bits per heavy atom. The monoisotopic (exact) mass is 382 g/mol. The summed E-state index contributed by atoms with van der Waals surface area (Å²) in [5.74, 6) is 2.03. The van der Waals surface area contributed by atoms with Crippen molar-refractivity contribution >= 4 is 5.91 Å². The number of tetrazole rings is 1. The van der Waals surface area contributed by atoms with Crippen molar-refractivity contribution in [1.82, 2.24) is 30.0 Å². The maximum absolute atomic E-state index is 13.2. The molecule has 6 rings (SSSR count). The molecule has 1 amide bonds. The van der Waals surface area contributed by atoms with E-state index in [0.717, 1.165) is 31.0 Å². The van der Waals surface area contributed by atoms with Gasteiger partial charge in [-0.05, 0) is 66.9 Å². The number of piperidine rings is 3. The van der Waals surface area contributed by atoms with E-state index >= 15 is 0 Å². The van der Waals surface area contributed by atoms with Gasteiger partial charge in [0.2, 0.25) is 5.91 Å². The first-order valence-corrected chi connectivity index (χ1v) is 10.2. The number of phenolic OH excluding ortho intramolecular Hbond substituents is 1. The van der Waals surface area contributed by atoms with Crippen molar-refractivity contribution in [2.75, 3.05) is 19.6 Å². The van der Waals surface area contributed by atoms with Gasteiger partial charge in [-0.15, -0.1) is 5.10 Å². The predicted octanol–water partition coefficient (Wildman–Crippen LogP) is 1.17. The number of fused-ring (bicyclic) bond motifs is 2. The molecule has 2 bridgehead atoms. The molecule has 4 saturated heterocycles. The smallest absolute Gasteiger partial charge is 0.224 e. The van der Waals surface area contributed by atoms with Crippen LogP contribution in [0.3, 0.4) is 0 Å². The molecule has 3 atom stereocenters. The molecule has 8 heteroatoms. The Kier molecular flexibility index (Phi) is 4.30. The summed E-state index contributed by atoms with van der Waals surface area (Å²) < 4.78 is 1.69. The van der Waals surface area contributed by atoms with Crippen LogP contribution in [0.15, 0.2) is 24.3 Å². The van der Waals surface area contributed by atoms with E-state index in [4.69, 9.17) is 0 Å². The standard InChI is InChI=1S/C20H26N6O2/c1-13-21-22-23-26(13)10-7-18(28)25-12-17(15-3-2-4-16(27)11-15)20-19(25)14-5-8-24(20)9-6-14/h2-4,11,14,17,19-20,27H,5-10,12H2,1H3. The van der Waals surface area contributed by atoms with Crippen LogP contribution in [0.1, 0.15) is 36.6 Å². The number of aromatic nitrogens is 4. The summed E-state index contributed by atoms with van der Waals surface area (Å²) in [6.45, 7) is 5.32. The van der Waals surface area contributed by atoms with Crippen LogP contribution in [-0.2, 0) is 11.3 Å². The quantitative estimate of drug-likeness (QED) is 0.854. The van der Waals surface area contributed by atoms with Gasteiger partial charge in [0.1, 0.15) is 11.6 Å². The maximum atomic E-state index is 13.2. The average Bonchev–Trinajstić information content (AvgIpc) is 3.32. The first-order chi connectivity index (χ1) is 13.6. The van der Waals surface area contributed by atoms with Gasteiger partial charge in [0.15, 0.2) is 0 Å². The van der Waals surface area contributed by atoms with E-state index in [9.17, 15) is 9.90 Å². The molecule has 4 fully saturated rings. The number of aromatic hydroxyl groups is 1. The van der Waals surface area contributed by atoms with Gasteiger partial charge in [-0.1, -0.05) is 12.1 Å². The summed E-state index contributed by atoms with van der Waals surface area (Å²) in [7, 11) is 0. The SMILES string of the molecule is Cc1nnnn1CCC(=O)N1CC(c2cccc(O)c2)C2C1C1CCN2CC1. The Morgan fingerprint density at radius 1 is 1.25 bits per heavy atom. The zero-order valence-corrected chi connectivity index (χ0v) is 16.1. The Bertz CT molecular complexity index is 875. The number of carbonyl (C=O) groups excluding carboxylic acids is 1. The van der Waals surface area contributed by atoms with Crippen LogP contribution in [0, 0.1) is 12.8 Å². The highest BCUT2D eigenvalue weighted by Crippen LogP contribution is 2.47. The van der Waals surface area contributed by atoms with E-state index in [-0.39, 0.29) is 17.9 Å². The van der Waals surface area contributed by atoms with Crippen LogP contribution in [0.2, 0.25) is 0 Å². The lowest BCUT2D eigenvalue weighted by atomic mass is 9.75. The number of amides is 1. The largest absolute Gasteiger partial charge is 0.508 e. The number of phenols is 1. The molecular weight excluding hydrogens is 356 g/mol. The second kappa shape index (κ2) is 6.84. The van der Waals surface area contributed by atoms with Gasteiger partial charge < -0.3 is 10.0 Å². The Morgan fingerprint density at radius 3 is 2.79 bits per heavy atom. The molecule has 0 aliphatic carbocycles. The minimum Gasteiger partial charge on any atom is -0.508 e. The Hall–Kier alpha value is -2.48. The summed E-state index contributed by atoms with van der Waals surface area (Å²) in [5, 5.41) is 21.5. The van der Waals surface area contributed by atoms with E-state index in [1.165, 1.54) is 12.8 Å². The number of aryl methyl sites for hydroxylation is 2. The van der Waals surface area contributed by atoms with Crippen molar-refractivity contribution in [1.29, 1.82) is 0 Å². The first-order valence-electron chi connectivity index (χ1n) is 10.2. The number of hydrogen-bond donors (Lipinski definition) is 1. The summed E-state index contributed by atoms with van der Waals surface area (Å²) >= 11 is 0. The van der Waals surface area contributed by atoms with Crippen LogP contribution in [0.4, 0.5) is 0 Å². The van der Waals surface area contributed by atoms with Crippen LogP contribution in [0.25, 0.3) is 0 Å². The van der Waals surface area contributed by atoms with Crippen molar-refractivity contribution < 1.29 is 9.90 Å². The van der Waals surface area contributed by atoms with Crippen LogP contribution in [0.5, 0.6) is 5.75 Å². The predicted molar refractivity (Wildman–Crippen MR) is 102 cm³/mol. The molecule has 8 nitrogen and oxygen atoms in total. The number of hydrogen-bond acceptors (Lipinski definition) is 6. The normalized spacial score (nSPS) is 31.2. The van der Waals surface area contributed by atoms with Gasteiger partial charge in [0, 0.05) is 24.9 Å². The third kappa shape index (κ3) is 2.87. The molecule has 2 aromatic rings. The van der Waals surface area contributed by atoms with Gasteiger partial charge in [-0.3, -0.25) is 9.69 Å². The molecule has 1 aromatic heterocycles. The molecule has 148 valence electrons. The molecule has 1 aromatic carbocycles. The second-order valence-corrected chi connectivity index (χ2v) is 8.30. The number of likely N-dealkylation sites (tertiary alicyclic amines) is 1. The number of nitrogens with zero attached hydrogens (tertiary/aromatic N) is 6. The van der Waals surface area contributed by atoms with Gasteiger partial charge in [-0.25, -0.2) is 4.68 Å². The van der Waals surface area contributed by atoms with Crippen LogP contribution in [-0.4, -0.2) is 72.7 Å². The lowest BCUT2D eigenvalue weighted by molar-refractivity contribution is -0.136. The fourth-order valence-electron chi connectivity index (χ4n) is 5.55. The maximum Gasteiger partial charge on any atom is 0.224 e. The van der Waals surface area contributed by atoms with Crippen molar-refractivity contribution in [2.45, 2.75) is 50.7 Å². The molecular formula is C20H26N6O2. The highest BCUT2D eigenvalue weighted by molar-refractivity contribution is 5.77. The Labute approximate surface area is 164 Å². The van der Waals surface area contributed by atoms with E-state index in [2.05, 4.69) is 31.4 Å². The van der Waals surface area contributed by atoms with Crippen LogP contribution >= 0.6 is 0 Å². The van der Waals surface area contributed by atoms with Crippen molar-refractivity contribution in [3.63, 3.8) is 0 Å². The molecule has 4 aliphatic rings. The average molecular weight is 382 g/mol. The van der Waals surface area contributed by atoms with E-state index < -0.39 is 0 Å². The fraction of sp³-hybridized carbons (Fsp3) is 0.600.